The van der Waals surface area contributed by atoms with Gasteiger partial charge in [-0.25, -0.2) is 0 Å². The maximum Gasteiger partial charge on any atom is 0.250 e. The minimum absolute atomic E-state index is 0.225. The lowest BCUT2D eigenvalue weighted by Gasteiger charge is -2.12. The summed E-state index contributed by atoms with van der Waals surface area (Å²) in [6, 6.07) is 11.7. The molecule has 5 N–H and O–H groups in total. The van der Waals surface area contributed by atoms with E-state index in [1.807, 2.05) is 6.07 Å². The van der Waals surface area contributed by atoms with Crippen LogP contribution in [0.2, 0.25) is 5.02 Å². The van der Waals surface area contributed by atoms with Crippen LogP contribution < -0.4 is 16.8 Å². The largest absolute Gasteiger partial charge is 0.396 e. The third kappa shape index (κ3) is 2.66. The van der Waals surface area contributed by atoms with E-state index in [1.165, 1.54) is 6.07 Å². The van der Waals surface area contributed by atoms with Crippen LogP contribution in [0.4, 0.5) is 17.1 Å². The summed E-state index contributed by atoms with van der Waals surface area (Å²) in [5.41, 5.74) is 13.1. The zero-order valence-corrected chi connectivity index (χ0v) is 11.1. The standard InChI is InChI=1S/C14H11ClN4O/c15-10-5-4-8(7-16)6-12(10)19-11-3-1-2-9(13(11)17)14(18)20/h1-6,19H,17H2,(H2,18,20). The van der Waals surface area contributed by atoms with E-state index in [9.17, 15) is 4.79 Å². The SMILES string of the molecule is N#Cc1ccc(Cl)c(Nc2cccc(C(N)=O)c2N)c1. The summed E-state index contributed by atoms with van der Waals surface area (Å²) in [7, 11) is 0. The van der Waals surface area contributed by atoms with Crippen molar-refractivity contribution in [2.45, 2.75) is 0 Å². The van der Waals surface area contributed by atoms with E-state index in [4.69, 9.17) is 28.3 Å². The van der Waals surface area contributed by atoms with Crippen molar-refractivity contribution in [3.8, 4) is 6.07 Å². The summed E-state index contributed by atoms with van der Waals surface area (Å²) in [6.45, 7) is 0. The number of para-hydroxylation sites is 1. The molecule has 2 aromatic carbocycles. The molecule has 0 heterocycles. The molecular weight excluding hydrogens is 276 g/mol. The number of nitrogens with two attached hydrogens (primary N) is 2. The van der Waals surface area contributed by atoms with Gasteiger partial charge in [0.15, 0.2) is 0 Å². The molecule has 0 aliphatic heterocycles. The third-order valence-corrected chi connectivity index (χ3v) is 3.07. The van der Waals surface area contributed by atoms with Crippen LogP contribution in [-0.4, -0.2) is 5.91 Å². The summed E-state index contributed by atoms with van der Waals surface area (Å²) in [5.74, 6) is -0.608. The van der Waals surface area contributed by atoms with Gasteiger partial charge in [-0.15, -0.1) is 0 Å². The van der Waals surface area contributed by atoms with Crippen LogP contribution in [-0.2, 0) is 0 Å². The summed E-state index contributed by atoms with van der Waals surface area (Å²) in [4.78, 5) is 11.2. The monoisotopic (exact) mass is 286 g/mol. The zero-order valence-electron chi connectivity index (χ0n) is 10.4. The lowest BCUT2D eigenvalue weighted by atomic mass is 10.1. The van der Waals surface area contributed by atoms with Gasteiger partial charge < -0.3 is 16.8 Å². The molecule has 6 heteroatoms. The van der Waals surface area contributed by atoms with Gasteiger partial charge in [-0.05, 0) is 30.3 Å². The average Bonchev–Trinajstić information content (AvgIpc) is 2.43. The van der Waals surface area contributed by atoms with E-state index in [0.29, 0.717) is 22.0 Å². The van der Waals surface area contributed by atoms with E-state index < -0.39 is 5.91 Å². The second-order valence-corrected chi connectivity index (χ2v) is 4.47. The number of hydrogen-bond donors (Lipinski definition) is 3. The first-order chi connectivity index (χ1) is 9.52. The zero-order chi connectivity index (χ0) is 14.7. The van der Waals surface area contributed by atoms with Crippen molar-refractivity contribution in [2.75, 3.05) is 11.1 Å². The number of nitrogens with one attached hydrogen (secondary N) is 1. The van der Waals surface area contributed by atoms with Gasteiger partial charge in [0, 0.05) is 0 Å². The Bertz CT molecular complexity index is 722. The van der Waals surface area contributed by atoms with E-state index in [0.717, 1.165) is 0 Å². The van der Waals surface area contributed by atoms with Crippen LogP contribution in [0.3, 0.4) is 0 Å². The second kappa shape index (κ2) is 5.51. The highest BCUT2D eigenvalue weighted by Crippen LogP contribution is 2.30. The lowest BCUT2D eigenvalue weighted by Crippen LogP contribution is -2.14. The topological polar surface area (TPSA) is 105 Å². The molecule has 1 amide bonds. The van der Waals surface area contributed by atoms with Gasteiger partial charge in [0.05, 0.1) is 39.3 Å². The average molecular weight is 287 g/mol. The molecule has 100 valence electrons. The number of carbonyl (C=O) groups excluding carboxylic acids is 1. The predicted molar refractivity (Wildman–Crippen MR) is 78.8 cm³/mol. The normalized spacial score (nSPS) is 9.80. The van der Waals surface area contributed by atoms with E-state index in [1.54, 1.807) is 30.3 Å². The summed E-state index contributed by atoms with van der Waals surface area (Å²) >= 11 is 6.05. The lowest BCUT2D eigenvalue weighted by molar-refractivity contribution is 0.100. The number of primary amides is 1. The maximum atomic E-state index is 11.2. The molecule has 0 saturated carbocycles. The smallest absolute Gasteiger partial charge is 0.250 e. The van der Waals surface area contributed by atoms with Crippen LogP contribution in [0.5, 0.6) is 0 Å². The van der Waals surface area contributed by atoms with Gasteiger partial charge in [-0.1, -0.05) is 17.7 Å². The second-order valence-electron chi connectivity index (χ2n) is 4.06. The molecule has 0 aromatic heterocycles. The number of carbonyl (C=O) groups is 1. The molecule has 20 heavy (non-hydrogen) atoms. The van der Waals surface area contributed by atoms with E-state index >= 15 is 0 Å². The Balaban J connectivity index is 2.43. The summed E-state index contributed by atoms with van der Waals surface area (Å²) < 4.78 is 0. The number of nitrogen functional groups attached to an aromatic ring is 1. The Morgan fingerprint density at radius 2 is 2.00 bits per heavy atom. The number of benzene rings is 2. The van der Waals surface area contributed by atoms with Crippen molar-refractivity contribution in [1.82, 2.24) is 0 Å². The Morgan fingerprint density at radius 1 is 1.25 bits per heavy atom. The molecule has 5 nitrogen and oxygen atoms in total. The number of hydrogen-bond acceptors (Lipinski definition) is 4. The third-order valence-electron chi connectivity index (χ3n) is 2.74. The van der Waals surface area contributed by atoms with Gasteiger partial charge in [-0.3, -0.25) is 4.79 Å². The molecule has 2 aromatic rings. The van der Waals surface area contributed by atoms with Gasteiger partial charge >= 0.3 is 0 Å². The molecule has 0 unspecified atom stereocenters. The molecule has 0 saturated heterocycles. The van der Waals surface area contributed by atoms with Crippen LogP contribution in [0.25, 0.3) is 0 Å². The maximum absolute atomic E-state index is 11.2. The molecular formula is C14H11ClN4O. The van der Waals surface area contributed by atoms with Crippen molar-refractivity contribution in [3.05, 3.63) is 52.5 Å². The Kier molecular flexibility index (Phi) is 3.78. The first-order valence-electron chi connectivity index (χ1n) is 5.68. The quantitative estimate of drug-likeness (QED) is 0.754. The fourth-order valence-corrected chi connectivity index (χ4v) is 1.89. The highest BCUT2D eigenvalue weighted by molar-refractivity contribution is 6.33. The molecule has 2 rings (SSSR count). The Morgan fingerprint density at radius 3 is 2.65 bits per heavy atom. The highest BCUT2D eigenvalue weighted by Gasteiger charge is 2.11. The first-order valence-corrected chi connectivity index (χ1v) is 6.05. The number of nitrogens with zero attached hydrogens (tertiary/aromatic N) is 1. The molecule has 0 atom stereocenters. The van der Waals surface area contributed by atoms with Crippen molar-refractivity contribution < 1.29 is 4.79 Å². The van der Waals surface area contributed by atoms with Crippen LogP contribution in [0.1, 0.15) is 15.9 Å². The van der Waals surface area contributed by atoms with Crippen molar-refractivity contribution >= 4 is 34.6 Å². The molecule has 0 bridgehead atoms. The fourth-order valence-electron chi connectivity index (χ4n) is 1.72. The van der Waals surface area contributed by atoms with Gasteiger partial charge in [-0.2, -0.15) is 5.26 Å². The van der Waals surface area contributed by atoms with Crippen molar-refractivity contribution in [1.29, 1.82) is 5.26 Å². The molecule has 0 spiro atoms. The molecule has 0 aliphatic rings. The summed E-state index contributed by atoms with van der Waals surface area (Å²) in [5, 5.41) is 12.3. The Hall–Kier alpha value is -2.71. The van der Waals surface area contributed by atoms with Gasteiger partial charge in [0.1, 0.15) is 0 Å². The molecule has 0 fully saturated rings. The minimum atomic E-state index is -0.608. The first kappa shape index (κ1) is 13.7. The van der Waals surface area contributed by atoms with Crippen LogP contribution in [0.15, 0.2) is 36.4 Å². The number of amides is 1. The predicted octanol–water partition coefficient (Wildman–Crippen LogP) is 2.64. The van der Waals surface area contributed by atoms with Gasteiger partial charge in [0.25, 0.3) is 5.91 Å². The number of rotatable bonds is 3. The van der Waals surface area contributed by atoms with E-state index in [2.05, 4.69) is 5.32 Å². The number of anilines is 3. The summed E-state index contributed by atoms with van der Waals surface area (Å²) in [6.07, 6.45) is 0. The van der Waals surface area contributed by atoms with Crippen LogP contribution >= 0.6 is 11.6 Å². The molecule has 0 aliphatic carbocycles. The van der Waals surface area contributed by atoms with Crippen LogP contribution in [0, 0.1) is 11.3 Å². The minimum Gasteiger partial charge on any atom is -0.396 e. The highest BCUT2D eigenvalue weighted by atomic mass is 35.5. The Labute approximate surface area is 120 Å². The van der Waals surface area contributed by atoms with E-state index in [-0.39, 0.29) is 11.3 Å². The number of nitriles is 1. The van der Waals surface area contributed by atoms with Crippen molar-refractivity contribution in [3.63, 3.8) is 0 Å². The fraction of sp³-hybridized carbons (Fsp3) is 0. The van der Waals surface area contributed by atoms with Crippen molar-refractivity contribution in [2.24, 2.45) is 5.73 Å². The number of halogens is 1. The molecule has 0 radical (unpaired) electrons. The van der Waals surface area contributed by atoms with Gasteiger partial charge in [0.2, 0.25) is 0 Å².